The Kier molecular flexibility index (Phi) is 6.51. The Morgan fingerprint density at radius 2 is 1.71 bits per heavy atom. The number of aliphatic hydroxyl groups is 1. The highest BCUT2D eigenvalue weighted by molar-refractivity contribution is 5.88. The number of amides is 2. The molecule has 1 unspecified atom stereocenters. The summed E-state index contributed by atoms with van der Waals surface area (Å²) in [6, 6.07) is 16.5. The third-order valence-electron chi connectivity index (χ3n) is 3.56. The van der Waals surface area contributed by atoms with Crippen LogP contribution in [0.25, 0.3) is 0 Å². The van der Waals surface area contributed by atoms with Crippen molar-refractivity contribution in [3.8, 4) is 0 Å². The molecule has 0 aliphatic carbocycles. The van der Waals surface area contributed by atoms with Gasteiger partial charge in [-0.3, -0.25) is 9.59 Å². The molecule has 24 heavy (non-hydrogen) atoms. The molecule has 3 N–H and O–H groups in total. The number of nitrogens with one attached hydrogen (secondary N) is 2. The van der Waals surface area contributed by atoms with Crippen LogP contribution in [0.1, 0.15) is 30.6 Å². The van der Waals surface area contributed by atoms with Gasteiger partial charge in [-0.25, -0.2) is 0 Å². The summed E-state index contributed by atoms with van der Waals surface area (Å²) < 4.78 is 0. The van der Waals surface area contributed by atoms with Gasteiger partial charge < -0.3 is 15.7 Å². The van der Waals surface area contributed by atoms with E-state index < -0.39 is 6.10 Å². The molecule has 5 heteroatoms. The molecule has 2 aromatic rings. The number of benzene rings is 2. The Hall–Kier alpha value is -2.66. The summed E-state index contributed by atoms with van der Waals surface area (Å²) >= 11 is 0. The van der Waals surface area contributed by atoms with E-state index in [1.165, 1.54) is 6.92 Å². The first-order chi connectivity index (χ1) is 11.5. The van der Waals surface area contributed by atoms with Crippen molar-refractivity contribution in [1.82, 2.24) is 5.32 Å². The number of hydrogen-bond donors (Lipinski definition) is 3. The Morgan fingerprint density at radius 1 is 1.04 bits per heavy atom. The highest BCUT2D eigenvalue weighted by Gasteiger charge is 2.08. The molecule has 126 valence electrons. The fraction of sp³-hybridized carbons (Fsp3) is 0.263. The van der Waals surface area contributed by atoms with E-state index in [-0.39, 0.29) is 18.2 Å². The Labute approximate surface area is 141 Å². The predicted octanol–water partition coefficient (Wildman–Crippen LogP) is 2.43. The lowest BCUT2D eigenvalue weighted by atomic mass is 10.1. The third-order valence-corrected chi connectivity index (χ3v) is 3.56. The van der Waals surface area contributed by atoms with Crippen LogP contribution in [0.15, 0.2) is 54.6 Å². The lowest BCUT2D eigenvalue weighted by Gasteiger charge is -2.11. The zero-order valence-electron chi connectivity index (χ0n) is 13.7. The third kappa shape index (κ3) is 5.85. The maximum Gasteiger partial charge on any atom is 0.224 e. The van der Waals surface area contributed by atoms with Gasteiger partial charge in [0.2, 0.25) is 11.8 Å². The number of anilines is 1. The van der Waals surface area contributed by atoms with Crippen LogP contribution >= 0.6 is 0 Å². The van der Waals surface area contributed by atoms with Gasteiger partial charge in [0, 0.05) is 19.2 Å². The van der Waals surface area contributed by atoms with Gasteiger partial charge in [-0.1, -0.05) is 42.5 Å². The minimum atomic E-state index is -0.580. The van der Waals surface area contributed by atoms with E-state index in [0.717, 1.165) is 11.1 Å². The van der Waals surface area contributed by atoms with Crippen LogP contribution in [0.2, 0.25) is 0 Å². The molecule has 0 aliphatic rings. The SMILES string of the molecule is CC(=O)Nc1ccc(CC(=O)NCCC(O)c2ccccc2)cc1. The van der Waals surface area contributed by atoms with E-state index in [9.17, 15) is 14.7 Å². The van der Waals surface area contributed by atoms with E-state index in [1.807, 2.05) is 42.5 Å². The van der Waals surface area contributed by atoms with E-state index in [4.69, 9.17) is 0 Å². The van der Waals surface area contributed by atoms with Crippen LogP contribution < -0.4 is 10.6 Å². The average Bonchev–Trinajstić information content (AvgIpc) is 2.57. The van der Waals surface area contributed by atoms with E-state index in [1.54, 1.807) is 12.1 Å². The molecular formula is C19H22N2O3. The van der Waals surface area contributed by atoms with Crippen LogP contribution in [0.4, 0.5) is 5.69 Å². The molecule has 1 atom stereocenters. The van der Waals surface area contributed by atoms with Crippen LogP contribution in [-0.4, -0.2) is 23.5 Å². The summed E-state index contributed by atoms with van der Waals surface area (Å²) in [6.07, 6.45) is 0.155. The molecule has 0 saturated carbocycles. The largest absolute Gasteiger partial charge is 0.388 e. The van der Waals surface area contributed by atoms with Crippen LogP contribution in [-0.2, 0) is 16.0 Å². The lowest BCUT2D eigenvalue weighted by molar-refractivity contribution is -0.120. The molecule has 0 aromatic heterocycles. The average molecular weight is 326 g/mol. The van der Waals surface area contributed by atoms with Crippen LogP contribution in [0, 0.1) is 0 Å². The minimum absolute atomic E-state index is 0.0949. The van der Waals surface area contributed by atoms with Gasteiger partial charge in [0.25, 0.3) is 0 Å². The van der Waals surface area contributed by atoms with Crippen LogP contribution in [0.5, 0.6) is 0 Å². The van der Waals surface area contributed by atoms with Crippen molar-refractivity contribution in [1.29, 1.82) is 0 Å². The molecule has 0 fully saturated rings. The summed E-state index contributed by atoms with van der Waals surface area (Å²) in [5, 5.41) is 15.5. The minimum Gasteiger partial charge on any atom is -0.388 e. The van der Waals surface area contributed by atoms with E-state index in [2.05, 4.69) is 10.6 Å². The van der Waals surface area contributed by atoms with Crippen LogP contribution in [0.3, 0.4) is 0 Å². The maximum atomic E-state index is 11.9. The molecule has 2 aromatic carbocycles. The van der Waals surface area contributed by atoms with Crippen molar-refractivity contribution in [2.24, 2.45) is 0 Å². The second-order valence-corrected chi connectivity index (χ2v) is 5.62. The number of hydrogen-bond acceptors (Lipinski definition) is 3. The molecule has 0 radical (unpaired) electrons. The Balaban J connectivity index is 1.74. The molecule has 2 rings (SSSR count). The topological polar surface area (TPSA) is 78.4 Å². The first-order valence-corrected chi connectivity index (χ1v) is 7.91. The van der Waals surface area contributed by atoms with Crippen molar-refractivity contribution in [3.05, 3.63) is 65.7 Å². The fourth-order valence-corrected chi connectivity index (χ4v) is 2.35. The standard InChI is InChI=1S/C19H22N2O3/c1-14(22)21-17-9-7-15(8-10-17)13-19(24)20-12-11-18(23)16-5-3-2-4-6-16/h2-10,18,23H,11-13H2,1H3,(H,20,24)(H,21,22). The molecule has 0 bridgehead atoms. The zero-order chi connectivity index (χ0) is 17.4. The fourth-order valence-electron chi connectivity index (χ4n) is 2.35. The van der Waals surface area contributed by atoms with Gasteiger partial charge in [-0.05, 0) is 29.7 Å². The molecular weight excluding hydrogens is 304 g/mol. The molecule has 5 nitrogen and oxygen atoms in total. The molecule has 2 amide bonds. The van der Waals surface area contributed by atoms with Gasteiger partial charge in [-0.15, -0.1) is 0 Å². The second-order valence-electron chi connectivity index (χ2n) is 5.62. The smallest absolute Gasteiger partial charge is 0.224 e. The summed E-state index contributed by atoms with van der Waals surface area (Å²) in [4.78, 5) is 22.9. The summed E-state index contributed by atoms with van der Waals surface area (Å²) in [5.41, 5.74) is 2.42. The summed E-state index contributed by atoms with van der Waals surface area (Å²) in [6.45, 7) is 1.87. The van der Waals surface area contributed by atoms with Crippen molar-refractivity contribution in [2.75, 3.05) is 11.9 Å². The normalized spacial score (nSPS) is 11.6. The maximum absolute atomic E-state index is 11.9. The zero-order valence-corrected chi connectivity index (χ0v) is 13.7. The first kappa shape index (κ1) is 17.7. The summed E-state index contributed by atoms with van der Waals surface area (Å²) in [5.74, 6) is -0.222. The number of aliphatic hydroxyl groups excluding tert-OH is 1. The number of rotatable bonds is 7. The van der Waals surface area contributed by atoms with Crippen molar-refractivity contribution >= 4 is 17.5 Å². The predicted molar refractivity (Wildman–Crippen MR) is 93.5 cm³/mol. The number of carbonyl (C=O) groups excluding carboxylic acids is 2. The van der Waals surface area contributed by atoms with Gasteiger partial charge >= 0.3 is 0 Å². The van der Waals surface area contributed by atoms with Crippen molar-refractivity contribution in [3.63, 3.8) is 0 Å². The first-order valence-electron chi connectivity index (χ1n) is 7.91. The highest BCUT2D eigenvalue weighted by atomic mass is 16.3. The Morgan fingerprint density at radius 3 is 2.33 bits per heavy atom. The molecule has 0 aliphatic heterocycles. The monoisotopic (exact) mass is 326 g/mol. The molecule has 0 spiro atoms. The highest BCUT2D eigenvalue weighted by Crippen LogP contribution is 2.15. The van der Waals surface area contributed by atoms with E-state index in [0.29, 0.717) is 18.7 Å². The second kappa shape index (κ2) is 8.84. The quantitative estimate of drug-likeness (QED) is 0.731. The van der Waals surface area contributed by atoms with Crippen molar-refractivity contribution < 1.29 is 14.7 Å². The van der Waals surface area contributed by atoms with Gasteiger partial charge in [0.1, 0.15) is 0 Å². The Bertz CT molecular complexity index is 669. The lowest BCUT2D eigenvalue weighted by Crippen LogP contribution is -2.27. The molecule has 0 saturated heterocycles. The van der Waals surface area contributed by atoms with Gasteiger partial charge in [-0.2, -0.15) is 0 Å². The summed E-state index contributed by atoms with van der Waals surface area (Å²) in [7, 11) is 0. The molecule has 0 heterocycles. The van der Waals surface area contributed by atoms with Gasteiger partial charge in [0.05, 0.1) is 12.5 Å². The van der Waals surface area contributed by atoms with E-state index >= 15 is 0 Å². The van der Waals surface area contributed by atoms with Crippen molar-refractivity contribution in [2.45, 2.75) is 25.9 Å². The number of carbonyl (C=O) groups is 2. The van der Waals surface area contributed by atoms with Gasteiger partial charge in [0.15, 0.2) is 0 Å².